The van der Waals surface area contributed by atoms with E-state index in [4.69, 9.17) is 5.73 Å². The van der Waals surface area contributed by atoms with Crippen LogP contribution in [0.1, 0.15) is 35.7 Å². The molecule has 0 bridgehead atoms. The average molecular weight is 164 g/mol. The average Bonchev–Trinajstić information content (AvgIpc) is 2.44. The molecule has 1 atom stereocenters. The highest BCUT2D eigenvalue weighted by molar-refractivity contribution is 5.31. The zero-order chi connectivity index (χ0) is 8.55. The van der Waals surface area contributed by atoms with Gasteiger partial charge in [-0.15, -0.1) is 0 Å². The Bertz CT molecular complexity index is 275. The van der Waals surface area contributed by atoms with Gasteiger partial charge < -0.3 is 10.7 Å². The number of aryl methyl sites for hydroxylation is 2. The minimum atomic E-state index is 0.610. The summed E-state index contributed by atoms with van der Waals surface area (Å²) in [7, 11) is 0. The summed E-state index contributed by atoms with van der Waals surface area (Å²) in [4.78, 5) is 3.41. The molecule has 1 unspecified atom stereocenters. The molecule has 2 heteroatoms. The van der Waals surface area contributed by atoms with Crippen LogP contribution in [0.4, 0.5) is 0 Å². The Labute approximate surface area is 73.2 Å². The van der Waals surface area contributed by atoms with Crippen LogP contribution in [0.2, 0.25) is 0 Å². The van der Waals surface area contributed by atoms with Crippen molar-refractivity contribution in [3.63, 3.8) is 0 Å². The molecule has 3 N–H and O–H groups in total. The molecule has 0 radical (unpaired) electrons. The third-order valence-corrected chi connectivity index (χ3v) is 2.77. The fourth-order valence-corrected chi connectivity index (χ4v) is 2.16. The van der Waals surface area contributed by atoms with Crippen molar-refractivity contribution in [3.05, 3.63) is 23.0 Å². The lowest BCUT2D eigenvalue weighted by Crippen LogP contribution is -2.17. The van der Waals surface area contributed by atoms with Gasteiger partial charge >= 0.3 is 0 Å². The molecular weight excluding hydrogens is 148 g/mol. The van der Waals surface area contributed by atoms with Crippen LogP contribution in [0.3, 0.4) is 0 Å². The van der Waals surface area contributed by atoms with Gasteiger partial charge in [-0.3, -0.25) is 0 Å². The largest absolute Gasteiger partial charge is 0.362 e. The van der Waals surface area contributed by atoms with Crippen molar-refractivity contribution >= 4 is 0 Å². The number of nitrogens with one attached hydrogen (secondary N) is 1. The molecule has 1 heterocycles. The van der Waals surface area contributed by atoms with E-state index in [9.17, 15) is 0 Å². The summed E-state index contributed by atoms with van der Waals surface area (Å²) in [6.45, 7) is 2.91. The van der Waals surface area contributed by atoms with Crippen molar-refractivity contribution in [2.45, 2.75) is 32.1 Å². The third kappa shape index (κ3) is 1.16. The van der Waals surface area contributed by atoms with E-state index in [1.165, 1.54) is 36.2 Å². The first-order valence-corrected chi connectivity index (χ1v) is 4.69. The van der Waals surface area contributed by atoms with E-state index in [0.717, 1.165) is 6.54 Å². The van der Waals surface area contributed by atoms with Crippen molar-refractivity contribution in [1.82, 2.24) is 4.98 Å². The first kappa shape index (κ1) is 7.87. The van der Waals surface area contributed by atoms with Crippen LogP contribution < -0.4 is 5.73 Å². The predicted octanol–water partition coefficient (Wildman–Crippen LogP) is 1.70. The van der Waals surface area contributed by atoms with Gasteiger partial charge in [0.2, 0.25) is 0 Å². The lowest BCUT2D eigenvalue weighted by atomic mass is 9.87. The number of hydrogen-bond acceptors (Lipinski definition) is 1. The summed E-state index contributed by atoms with van der Waals surface area (Å²) in [6.07, 6.45) is 3.76. The van der Waals surface area contributed by atoms with E-state index in [1.807, 2.05) is 0 Å². The second-order valence-electron chi connectivity index (χ2n) is 3.71. The van der Waals surface area contributed by atoms with Gasteiger partial charge in [0, 0.05) is 11.4 Å². The highest BCUT2D eigenvalue weighted by atomic mass is 14.7. The molecule has 66 valence electrons. The van der Waals surface area contributed by atoms with E-state index in [1.54, 1.807) is 0 Å². The van der Waals surface area contributed by atoms with E-state index >= 15 is 0 Å². The Kier molecular flexibility index (Phi) is 1.93. The standard InChI is InChI=1S/C10H16N2/c1-7-5-9-8(6-11)3-2-4-10(9)12-7/h5,8,12H,2-4,6,11H2,1H3. The predicted molar refractivity (Wildman–Crippen MR) is 50.3 cm³/mol. The molecule has 2 nitrogen and oxygen atoms in total. The molecule has 0 saturated carbocycles. The topological polar surface area (TPSA) is 41.8 Å². The molecule has 0 spiro atoms. The number of hydrogen-bond donors (Lipinski definition) is 2. The molecule has 1 aliphatic carbocycles. The molecule has 1 aromatic rings. The van der Waals surface area contributed by atoms with E-state index in [-0.39, 0.29) is 0 Å². The number of aromatic amines is 1. The monoisotopic (exact) mass is 164 g/mol. The van der Waals surface area contributed by atoms with Crippen LogP contribution in [0.25, 0.3) is 0 Å². The first-order chi connectivity index (χ1) is 5.81. The zero-order valence-corrected chi connectivity index (χ0v) is 7.56. The highest BCUT2D eigenvalue weighted by Gasteiger charge is 2.20. The molecule has 0 amide bonds. The second-order valence-corrected chi connectivity index (χ2v) is 3.71. The van der Waals surface area contributed by atoms with Crippen LogP contribution in [-0.2, 0) is 6.42 Å². The molecule has 0 fully saturated rings. The molecule has 2 rings (SSSR count). The molecule has 0 aromatic carbocycles. The summed E-state index contributed by atoms with van der Waals surface area (Å²) in [5.74, 6) is 0.610. The Balaban J connectivity index is 2.36. The Morgan fingerprint density at radius 3 is 3.25 bits per heavy atom. The van der Waals surface area contributed by atoms with Crippen LogP contribution in [-0.4, -0.2) is 11.5 Å². The fraction of sp³-hybridized carbons (Fsp3) is 0.600. The summed E-state index contributed by atoms with van der Waals surface area (Å²) < 4.78 is 0. The molecule has 1 aromatic heterocycles. The van der Waals surface area contributed by atoms with Crippen molar-refractivity contribution in [2.24, 2.45) is 5.73 Å². The Hall–Kier alpha value is -0.760. The summed E-state index contributed by atoms with van der Waals surface area (Å²) in [5.41, 5.74) is 9.89. The van der Waals surface area contributed by atoms with Gasteiger partial charge in [-0.05, 0) is 50.3 Å². The number of nitrogens with two attached hydrogens (primary N) is 1. The number of rotatable bonds is 1. The van der Waals surface area contributed by atoms with Gasteiger partial charge in [-0.25, -0.2) is 0 Å². The normalized spacial score (nSPS) is 22.3. The van der Waals surface area contributed by atoms with Gasteiger partial charge in [0.05, 0.1) is 0 Å². The fourth-order valence-electron chi connectivity index (χ4n) is 2.16. The minimum Gasteiger partial charge on any atom is -0.362 e. The quantitative estimate of drug-likeness (QED) is 0.651. The number of H-pyrrole nitrogens is 1. The lowest BCUT2D eigenvalue weighted by Gasteiger charge is -2.20. The molecule has 1 aliphatic rings. The molecular formula is C10H16N2. The number of fused-ring (bicyclic) bond motifs is 1. The SMILES string of the molecule is Cc1cc2c([nH]1)CCCC2CN. The minimum absolute atomic E-state index is 0.610. The van der Waals surface area contributed by atoms with Crippen molar-refractivity contribution in [2.75, 3.05) is 6.54 Å². The zero-order valence-electron chi connectivity index (χ0n) is 7.56. The van der Waals surface area contributed by atoms with Crippen molar-refractivity contribution in [3.8, 4) is 0 Å². The second kappa shape index (κ2) is 2.94. The maximum atomic E-state index is 5.71. The van der Waals surface area contributed by atoms with Gasteiger partial charge in [-0.1, -0.05) is 0 Å². The Morgan fingerprint density at radius 2 is 2.50 bits per heavy atom. The summed E-state index contributed by atoms with van der Waals surface area (Å²) >= 11 is 0. The van der Waals surface area contributed by atoms with E-state index in [0.29, 0.717) is 5.92 Å². The molecule has 0 saturated heterocycles. The molecule has 12 heavy (non-hydrogen) atoms. The molecule has 0 aliphatic heterocycles. The van der Waals surface area contributed by atoms with Crippen LogP contribution >= 0.6 is 0 Å². The van der Waals surface area contributed by atoms with Gasteiger partial charge in [0.25, 0.3) is 0 Å². The van der Waals surface area contributed by atoms with E-state index in [2.05, 4.69) is 18.0 Å². The highest BCUT2D eigenvalue weighted by Crippen LogP contribution is 2.30. The number of aromatic nitrogens is 1. The van der Waals surface area contributed by atoms with Crippen molar-refractivity contribution < 1.29 is 0 Å². The summed E-state index contributed by atoms with van der Waals surface area (Å²) in [6, 6.07) is 2.26. The van der Waals surface area contributed by atoms with Gasteiger partial charge in [0.1, 0.15) is 0 Å². The maximum absolute atomic E-state index is 5.71. The van der Waals surface area contributed by atoms with Crippen LogP contribution in [0, 0.1) is 6.92 Å². The summed E-state index contributed by atoms with van der Waals surface area (Å²) in [5, 5.41) is 0. The van der Waals surface area contributed by atoms with Crippen LogP contribution in [0.15, 0.2) is 6.07 Å². The smallest absolute Gasteiger partial charge is 0.0185 e. The van der Waals surface area contributed by atoms with Crippen LogP contribution in [0.5, 0.6) is 0 Å². The van der Waals surface area contributed by atoms with Gasteiger partial charge in [-0.2, -0.15) is 0 Å². The maximum Gasteiger partial charge on any atom is 0.0185 e. The van der Waals surface area contributed by atoms with E-state index < -0.39 is 0 Å². The lowest BCUT2D eigenvalue weighted by molar-refractivity contribution is 0.557. The Morgan fingerprint density at radius 1 is 1.67 bits per heavy atom. The van der Waals surface area contributed by atoms with Gasteiger partial charge in [0.15, 0.2) is 0 Å². The van der Waals surface area contributed by atoms with Crippen molar-refractivity contribution in [1.29, 1.82) is 0 Å². The third-order valence-electron chi connectivity index (χ3n) is 2.77. The first-order valence-electron chi connectivity index (χ1n) is 4.69.